The molecule has 1 aliphatic carbocycles. The van der Waals surface area contributed by atoms with Crippen molar-refractivity contribution in [1.29, 1.82) is 0 Å². The van der Waals surface area contributed by atoms with Gasteiger partial charge in [0.25, 0.3) is 0 Å². The predicted octanol–water partition coefficient (Wildman–Crippen LogP) is 2.95. The second-order valence-electron chi connectivity index (χ2n) is 6.52. The number of hydrogen-bond donors (Lipinski definition) is 1. The number of nitrogens with zero attached hydrogens (tertiary/aromatic N) is 1. The zero-order valence-corrected chi connectivity index (χ0v) is 15.0. The number of benzene rings is 1. The molecule has 1 aromatic carbocycles. The number of aliphatic hydroxyl groups is 1. The average Bonchev–Trinajstić information content (AvgIpc) is 2.84. The highest BCUT2D eigenvalue weighted by atomic mass is 79.9. The fraction of sp³-hybridized carbons (Fsp3) is 0.647. The minimum Gasteiger partial charge on any atom is -0.493 e. The third-order valence-electron chi connectivity index (χ3n) is 5.51. The topological polar surface area (TPSA) is 41.9 Å². The van der Waals surface area contributed by atoms with Crippen molar-refractivity contribution < 1.29 is 14.6 Å². The molecule has 2 fully saturated rings. The van der Waals surface area contributed by atoms with E-state index < -0.39 is 0 Å². The van der Waals surface area contributed by atoms with Gasteiger partial charge in [0.15, 0.2) is 11.5 Å². The monoisotopic (exact) mass is 369 g/mol. The van der Waals surface area contributed by atoms with E-state index in [2.05, 4.69) is 40.0 Å². The Morgan fingerprint density at radius 3 is 2.73 bits per heavy atom. The molecule has 1 N–H and O–H groups in total. The van der Waals surface area contributed by atoms with Crippen LogP contribution in [0.2, 0.25) is 0 Å². The highest BCUT2D eigenvalue weighted by Crippen LogP contribution is 2.51. The molecule has 1 aromatic rings. The van der Waals surface area contributed by atoms with Crippen molar-refractivity contribution >= 4 is 15.9 Å². The Morgan fingerprint density at radius 1 is 1.27 bits per heavy atom. The van der Waals surface area contributed by atoms with Crippen LogP contribution < -0.4 is 9.47 Å². The van der Waals surface area contributed by atoms with E-state index in [0.29, 0.717) is 6.04 Å². The summed E-state index contributed by atoms with van der Waals surface area (Å²) in [5.41, 5.74) is 1.40. The van der Waals surface area contributed by atoms with E-state index in [1.54, 1.807) is 14.2 Å². The molecule has 0 bridgehead atoms. The van der Waals surface area contributed by atoms with Crippen molar-refractivity contribution in [3.8, 4) is 11.5 Å². The van der Waals surface area contributed by atoms with Gasteiger partial charge in [-0.05, 0) is 72.9 Å². The molecule has 122 valence electrons. The van der Waals surface area contributed by atoms with Gasteiger partial charge in [0, 0.05) is 11.5 Å². The van der Waals surface area contributed by atoms with Crippen LogP contribution in [0.3, 0.4) is 0 Å². The summed E-state index contributed by atoms with van der Waals surface area (Å²) in [6.07, 6.45) is 3.69. The summed E-state index contributed by atoms with van der Waals surface area (Å²) < 4.78 is 11.9. The van der Waals surface area contributed by atoms with Crippen molar-refractivity contribution in [2.75, 3.05) is 27.8 Å². The summed E-state index contributed by atoms with van der Waals surface area (Å²) in [7, 11) is 5.50. The molecule has 2 aliphatic rings. The first-order chi connectivity index (χ1) is 10.5. The van der Waals surface area contributed by atoms with Crippen LogP contribution >= 0.6 is 15.9 Å². The number of halogens is 1. The van der Waals surface area contributed by atoms with Gasteiger partial charge in [-0.3, -0.25) is 0 Å². The molecule has 5 heteroatoms. The average molecular weight is 370 g/mol. The lowest BCUT2D eigenvalue weighted by Crippen LogP contribution is -2.47. The molecular formula is C17H24BrNO3. The van der Waals surface area contributed by atoms with Crippen LogP contribution in [0, 0.1) is 0 Å². The molecule has 3 atom stereocenters. The van der Waals surface area contributed by atoms with Gasteiger partial charge in [-0.25, -0.2) is 0 Å². The molecule has 1 saturated heterocycles. The largest absolute Gasteiger partial charge is 0.493 e. The van der Waals surface area contributed by atoms with E-state index in [4.69, 9.17) is 9.47 Å². The zero-order chi connectivity index (χ0) is 15.9. The normalized spacial score (nSPS) is 31.9. The number of rotatable bonds is 3. The van der Waals surface area contributed by atoms with E-state index in [1.165, 1.54) is 5.56 Å². The van der Waals surface area contributed by atoms with Gasteiger partial charge in [-0.2, -0.15) is 0 Å². The van der Waals surface area contributed by atoms with Gasteiger partial charge in [0.1, 0.15) is 0 Å². The summed E-state index contributed by atoms with van der Waals surface area (Å²) in [4.78, 5) is 2.40. The fourth-order valence-electron chi connectivity index (χ4n) is 4.30. The lowest BCUT2D eigenvalue weighted by molar-refractivity contribution is 0.0566. The molecule has 1 aliphatic heterocycles. The number of ether oxygens (including phenoxy) is 2. The summed E-state index contributed by atoms with van der Waals surface area (Å²) in [5.74, 6) is 1.50. The molecule has 3 rings (SSSR count). The summed E-state index contributed by atoms with van der Waals surface area (Å²) in [5, 5.41) is 10.1. The number of methoxy groups -OCH3 is 2. The number of likely N-dealkylation sites (N-methyl/N-ethyl adjacent to an activating group) is 1. The van der Waals surface area contributed by atoms with Crippen LogP contribution in [0.5, 0.6) is 11.5 Å². The van der Waals surface area contributed by atoms with Crippen LogP contribution in [0.1, 0.15) is 31.2 Å². The van der Waals surface area contributed by atoms with Crippen molar-refractivity contribution in [2.45, 2.75) is 43.2 Å². The molecule has 22 heavy (non-hydrogen) atoms. The predicted molar refractivity (Wildman–Crippen MR) is 89.8 cm³/mol. The smallest absolute Gasteiger partial charge is 0.174 e. The lowest BCUT2D eigenvalue weighted by Gasteiger charge is -2.43. The van der Waals surface area contributed by atoms with E-state index in [9.17, 15) is 5.11 Å². The van der Waals surface area contributed by atoms with Crippen molar-refractivity contribution in [3.63, 3.8) is 0 Å². The second kappa shape index (κ2) is 6.02. The van der Waals surface area contributed by atoms with Gasteiger partial charge < -0.3 is 19.5 Å². The van der Waals surface area contributed by atoms with Gasteiger partial charge in [0.2, 0.25) is 0 Å². The first-order valence-electron chi connectivity index (χ1n) is 7.82. The third kappa shape index (κ3) is 2.43. The zero-order valence-electron chi connectivity index (χ0n) is 13.4. The lowest BCUT2D eigenvalue weighted by atomic mass is 9.65. The number of hydrogen-bond acceptors (Lipinski definition) is 4. The maximum atomic E-state index is 10.1. The molecule has 1 heterocycles. The van der Waals surface area contributed by atoms with Gasteiger partial charge in [-0.15, -0.1) is 0 Å². The number of aliphatic hydroxyl groups excluding tert-OH is 1. The standard InChI is InChI=1S/C17H24BrNO3/c1-19-7-6-17(5-4-12(20)10-15(17)19)11-8-13(18)16(22-3)14(9-11)21-2/h8-9,12,15,20H,4-7,10H2,1-3H3/t12?,15?,17-/m0/s1. The SMILES string of the molecule is COc1cc([C@@]23CCC(O)CC2N(C)CC3)cc(Br)c1OC. The Balaban J connectivity index is 2.07. The fourth-order valence-corrected chi connectivity index (χ4v) is 4.91. The number of likely N-dealkylation sites (tertiary alicyclic amines) is 1. The quantitative estimate of drug-likeness (QED) is 0.889. The van der Waals surface area contributed by atoms with E-state index >= 15 is 0 Å². The summed E-state index contributed by atoms with van der Waals surface area (Å²) in [6, 6.07) is 4.68. The Morgan fingerprint density at radius 2 is 2.05 bits per heavy atom. The van der Waals surface area contributed by atoms with Crippen LogP contribution in [0.25, 0.3) is 0 Å². The van der Waals surface area contributed by atoms with Crippen molar-refractivity contribution in [2.24, 2.45) is 0 Å². The maximum absolute atomic E-state index is 10.1. The summed E-state index contributed by atoms with van der Waals surface area (Å²) in [6.45, 7) is 1.07. The Kier molecular flexibility index (Phi) is 4.40. The first kappa shape index (κ1) is 16.1. The molecule has 0 amide bonds. The molecule has 4 nitrogen and oxygen atoms in total. The van der Waals surface area contributed by atoms with Crippen LogP contribution in [-0.2, 0) is 5.41 Å². The van der Waals surface area contributed by atoms with Gasteiger partial charge >= 0.3 is 0 Å². The van der Waals surface area contributed by atoms with Crippen LogP contribution in [-0.4, -0.2) is 50.0 Å². The third-order valence-corrected chi connectivity index (χ3v) is 6.10. The van der Waals surface area contributed by atoms with E-state index in [-0.39, 0.29) is 11.5 Å². The number of fused-ring (bicyclic) bond motifs is 1. The molecule has 2 unspecified atom stereocenters. The Hall–Kier alpha value is -0.780. The van der Waals surface area contributed by atoms with Crippen molar-refractivity contribution in [3.05, 3.63) is 22.2 Å². The highest BCUT2D eigenvalue weighted by molar-refractivity contribution is 9.10. The second-order valence-corrected chi connectivity index (χ2v) is 7.38. The van der Waals surface area contributed by atoms with E-state index in [1.807, 2.05) is 0 Å². The molecule has 0 aromatic heterocycles. The van der Waals surface area contributed by atoms with E-state index in [0.717, 1.165) is 48.2 Å². The van der Waals surface area contributed by atoms with Gasteiger partial charge in [0.05, 0.1) is 24.8 Å². The molecule has 0 radical (unpaired) electrons. The summed E-state index contributed by atoms with van der Waals surface area (Å²) >= 11 is 3.62. The van der Waals surface area contributed by atoms with Gasteiger partial charge in [-0.1, -0.05) is 0 Å². The molecular weight excluding hydrogens is 346 g/mol. The maximum Gasteiger partial charge on any atom is 0.174 e. The minimum atomic E-state index is -0.178. The Bertz CT molecular complexity index is 565. The minimum absolute atomic E-state index is 0.107. The van der Waals surface area contributed by atoms with Crippen LogP contribution in [0.4, 0.5) is 0 Å². The Labute approximate surface area is 140 Å². The first-order valence-corrected chi connectivity index (χ1v) is 8.61. The van der Waals surface area contributed by atoms with Crippen molar-refractivity contribution in [1.82, 2.24) is 4.90 Å². The molecule has 0 spiro atoms. The van der Waals surface area contributed by atoms with Crippen LogP contribution in [0.15, 0.2) is 16.6 Å². The molecule has 1 saturated carbocycles. The highest BCUT2D eigenvalue weighted by Gasteiger charge is 2.50.